The summed E-state index contributed by atoms with van der Waals surface area (Å²) in [5.74, 6) is -1.17. The number of carboxylic acids is 1. The van der Waals surface area contributed by atoms with Gasteiger partial charge in [-0.1, -0.05) is 13.8 Å². The number of carbonyl (C=O) groups excluding carboxylic acids is 1. The molecule has 0 aliphatic rings. The number of carbonyl (C=O) groups is 2. The van der Waals surface area contributed by atoms with Gasteiger partial charge in [-0.3, -0.25) is 4.79 Å². The SMILES string of the molecule is COC(CN)CC(=O)N[C@@H](CC(C)C)C(=O)O. The predicted molar refractivity (Wildman–Crippen MR) is 63.5 cm³/mol. The van der Waals surface area contributed by atoms with Crippen molar-refractivity contribution in [2.24, 2.45) is 11.7 Å². The van der Waals surface area contributed by atoms with Crippen molar-refractivity contribution < 1.29 is 19.4 Å². The van der Waals surface area contributed by atoms with Crippen molar-refractivity contribution in [1.29, 1.82) is 0 Å². The number of nitrogens with one attached hydrogen (secondary N) is 1. The van der Waals surface area contributed by atoms with Gasteiger partial charge in [-0.25, -0.2) is 4.79 Å². The summed E-state index contributed by atoms with van der Waals surface area (Å²) in [4.78, 5) is 22.5. The Hall–Kier alpha value is -1.14. The van der Waals surface area contributed by atoms with Crippen LogP contribution in [0.3, 0.4) is 0 Å². The van der Waals surface area contributed by atoms with Crippen molar-refractivity contribution in [3.8, 4) is 0 Å². The minimum atomic E-state index is -1.02. The Bertz CT molecular complexity index is 252. The van der Waals surface area contributed by atoms with Crippen LogP contribution in [0.1, 0.15) is 26.7 Å². The number of carboxylic acid groups (broad SMARTS) is 1. The summed E-state index contributed by atoms with van der Waals surface area (Å²) >= 11 is 0. The van der Waals surface area contributed by atoms with Crippen LogP contribution in [0.5, 0.6) is 0 Å². The van der Waals surface area contributed by atoms with E-state index in [0.717, 1.165) is 0 Å². The molecule has 6 heteroatoms. The molecule has 4 N–H and O–H groups in total. The molecule has 0 aromatic carbocycles. The number of ether oxygens (including phenoxy) is 1. The molecular weight excluding hydrogens is 224 g/mol. The maximum absolute atomic E-state index is 11.6. The third kappa shape index (κ3) is 6.91. The molecule has 0 saturated carbocycles. The number of hydrogen-bond donors (Lipinski definition) is 3. The van der Waals surface area contributed by atoms with Crippen LogP contribution in [0, 0.1) is 5.92 Å². The van der Waals surface area contributed by atoms with Crippen LogP contribution in [-0.4, -0.2) is 42.8 Å². The minimum absolute atomic E-state index is 0.0782. The summed E-state index contributed by atoms with van der Waals surface area (Å²) in [6.07, 6.45) is 0.111. The van der Waals surface area contributed by atoms with E-state index >= 15 is 0 Å². The van der Waals surface area contributed by atoms with Crippen molar-refractivity contribution >= 4 is 11.9 Å². The van der Waals surface area contributed by atoms with E-state index in [9.17, 15) is 9.59 Å². The monoisotopic (exact) mass is 246 g/mol. The number of amides is 1. The van der Waals surface area contributed by atoms with Crippen molar-refractivity contribution in [3.05, 3.63) is 0 Å². The summed E-state index contributed by atoms with van der Waals surface area (Å²) in [7, 11) is 1.47. The second kappa shape index (κ2) is 8.03. The van der Waals surface area contributed by atoms with Gasteiger partial charge in [-0.2, -0.15) is 0 Å². The standard InChI is InChI=1S/C11H22N2O4/c1-7(2)4-9(11(15)16)13-10(14)5-8(6-12)17-3/h7-9H,4-6,12H2,1-3H3,(H,13,14)(H,15,16)/t8?,9-/m0/s1. The van der Waals surface area contributed by atoms with Gasteiger partial charge in [0.2, 0.25) is 5.91 Å². The predicted octanol–water partition coefficient (Wildman–Crippen LogP) is -0.0343. The largest absolute Gasteiger partial charge is 0.480 e. The lowest BCUT2D eigenvalue weighted by Crippen LogP contribution is -2.43. The number of methoxy groups -OCH3 is 1. The van der Waals surface area contributed by atoms with Crippen LogP contribution < -0.4 is 11.1 Å². The molecule has 1 amide bonds. The van der Waals surface area contributed by atoms with E-state index in [-0.39, 0.29) is 30.9 Å². The fourth-order valence-electron chi connectivity index (χ4n) is 1.42. The van der Waals surface area contributed by atoms with Crippen LogP contribution in [-0.2, 0) is 14.3 Å². The lowest BCUT2D eigenvalue weighted by Gasteiger charge is -2.18. The van der Waals surface area contributed by atoms with Crippen molar-refractivity contribution in [2.45, 2.75) is 38.8 Å². The quantitative estimate of drug-likeness (QED) is 0.558. The summed E-state index contributed by atoms with van der Waals surface area (Å²) in [5, 5.41) is 11.4. The van der Waals surface area contributed by atoms with E-state index in [1.165, 1.54) is 7.11 Å². The van der Waals surface area contributed by atoms with E-state index in [4.69, 9.17) is 15.6 Å². The van der Waals surface area contributed by atoms with Gasteiger partial charge in [0.25, 0.3) is 0 Å². The van der Waals surface area contributed by atoms with Gasteiger partial charge in [0.05, 0.1) is 12.5 Å². The van der Waals surface area contributed by atoms with Gasteiger partial charge >= 0.3 is 5.97 Å². The van der Waals surface area contributed by atoms with Gasteiger partial charge in [-0.15, -0.1) is 0 Å². The molecule has 17 heavy (non-hydrogen) atoms. The smallest absolute Gasteiger partial charge is 0.326 e. The zero-order valence-electron chi connectivity index (χ0n) is 10.6. The van der Waals surface area contributed by atoms with Gasteiger partial charge < -0.3 is 20.9 Å². The summed E-state index contributed by atoms with van der Waals surface area (Å²) < 4.78 is 4.96. The van der Waals surface area contributed by atoms with Crippen LogP contribution in [0.4, 0.5) is 0 Å². The molecule has 0 radical (unpaired) electrons. The first kappa shape index (κ1) is 15.9. The van der Waals surface area contributed by atoms with E-state index in [0.29, 0.717) is 6.42 Å². The lowest BCUT2D eigenvalue weighted by molar-refractivity contribution is -0.142. The fourth-order valence-corrected chi connectivity index (χ4v) is 1.42. The highest BCUT2D eigenvalue weighted by Gasteiger charge is 2.22. The van der Waals surface area contributed by atoms with Gasteiger partial charge in [0.1, 0.15) is 6.04 Å². The number of hydrogen-bond acceptors (Lipinski definition) is 4. The topological polar surface area (TPSA) is 102 Å². The highest BCUT2D eigenvalue weighted by molar-refractivity contribution is 5.83. The molecule has 0 fully saturated rings. The third-order valence-electron chi connectivity index (χ3n) is 2.35. The molecule has 0 bridgehead atoms. The zero-order chi connectivity index (χ0) is 13.4. The Kier molecular flexibility index (Phi) is 7.49. The van der Waals surface area contributed by atoms with Crippen molar-refractivity contribution in [2.75, 3.05) is 13.7 Å². The molecule has 0 aromatic rings. The Balaban J connectivity index is 4.25. The second-order valence-corrected chi connectivity index (χ2v) is 4.39. The average molecular weight is 246 g/mol. The van der Waals surface area contributed by atoms with Crippen LogP contribution in [0.15, 0.2) is 0 Å². The summed E-state index contributed by atoms with van der Waals surface area (Å²) in [6, 6.07) is -0.849. The summed E-state index contributed by atoms with van der Waals surface area (Å²) in [5.41, 5.74) is 5.38. The molecule has 0 spiro atoms. The van der Waals surface area contributed by atoms with Gasteiger partial charge in [0.15, 0.2) is 0 Å². The first-order valence-corrected chi connectivity index (χ1v) is 5.65. The number of aliphatic carboxylic acids is 1. The maximum Gasteiger partial charge on any atom is 0.326 e. The highest BCUT2D eigenvalue weighted by Crippen LogP contribution is 2.06. The second-order valence-electron chi connectivity index (χ2n) is 4.39. The first-order chi connectivity index (χ1) is 7.90. The maximum atomic E-state index is 11.6. The Labute approximate surface area is 102 Å². The molecule has 6 nitrogen and oxygen atoms in total. The zero-order valence-corrected chi connectivity index (χ0v) is 10.6. The lowest BCUT2D eigenvalue weighted by atomic mass is 10.0. The normalized spacial score (nSPS) is 14.4. The average Bonchev–Trinajstić information content (AvgIpc) is 2.24. The van der Waals surface area contributed by atoms with Crippen molar-refractivity contribution in [3.63, 3.8) is 0 Å². The molecule has 100 valence electrons. The molecular formula is C11H22N2O4. The van der Waals surface area contributed by atoms with Gasteiger partial charge in [0, 0.05) is 13.7 Å². The fraction of sp³-hybridized carbons (Fsp3) is 0.818. The molecule has 0 rings (SSSR count). The molecule has 0 aliphatic heterocycles. The molecule has 0 saturated heterocycles. The van der Waals surface area contributed by atoms with E-state index in [1.54, 1.807) is 0 Å². The molecule has 0 aromatic heterocycles. The van der Waals surface area contributed by atoms with Crippen LogP contribution in [0.2, 0.25) is 0 Å². The molecule has 0 heterocycles. The minimum Gasteiger partial charge on any atom is -0.480 e. The van der Waals surface area contributed by atoms with Gasteiger partial charge in [-0.05, 0) is 12.3 Å². The molecule has 2 atom stereocenters. The van der Waals surface area contributed by atoms with Crippen molar-refractivity contribution in [1.82, 2.24) is 5.32 Å². The van der Waals surface area contributed by atoms with E-state index in [1.807, 2.05) is 13.8 Å². The van der Waals surface area contributed by atoms with E-state index < -0.39 is 12.0 Å². The molecule has 0 aliphatic carbocycles. The Morgan fingerprint density at radius 1 is 1.41 bits per heavy atom. The Morgan fingerprint density at radius 2 is 2.00 bits per heavy atom. The number of rotatable bonds is 8. The third-order valence-corrected chi connectivity index (χ3v) is 2.35. The van der Waals surface area contributed by atoms with E-state index in [2.05, 4.69) is 5.32 Å². The first-order valence-electron chi connectivity index (χ1n) is 5.65. The number of nitrogens with two attached hydrogens (primary N) is 1. The van der Waals surface area contributed by atoms with Crippen LogP contribution in [0.25, 0.3) is 0 Å². The highest BCUT2D eigenvalue weighted by atomic mass is 16.5. The van der Waals surface area contributed by atoms with Crippen LogP contribution >= 0.6 is 0 Å². The molecule has 1 unspecified atom stereocenters. The summed E-state index contributed by atoms with van der Waals surface area (Å²) in [6.45, 7) is 4.03. The Morgan fingerprint density at radius 3 is 2.35 bits per heavy atom.